The Morgan fingerprint density at radius 3 is 2.52 bits per heavy atom. The highest BCUT2D eigenvalue weighted by Gasteiger charge is 2.15. The molecule has 6 nitrogen and oxygen atoms in total. The third kappa shape index (κ3) is 6.23. The normalized spacial score (nSPS) is 11.8. The van der Waals surface area contributed by atoms with Crippen LogP contribution in [0.2, 0.25) is 5.02 Å². The van der Waals surface area contributed by atoms with Crippen molar-refractivity contribution in [1.82, 2.24) is 14.9 Å². The molecule has 0 saturated heterocycles. The van der Waals surface area contributed by atoms with Crippen molar-refractivity contribution in [2.45, 2.75) is 39.2 Å². The molecule has 0 spiro atoms. The maximum absolute atomic E-state index is 12.7. The molecule has 0 unspecified atom stereocenters. The number of benzene rings is 2. The zero-order chi connectivity index (χ0) is 24.0. The molecule has 0 bridgehead atoms. The van der Waals surface area contributed by atoms with Crippen LogP contribution < -0.4 is 10.1 Å². The van der Waals surface area contributed by atoms with E-state index in [-0.39, 0.29) is 17.7 Å². The number of hydrogen-bond donors (Lipinski definition) is 1. The minimum atomic E-state index is -0.200. The zero-order valence-electron chi connectivity index (χ0n) is 19.2. The van der Waals surface area contributed by atoms with E-state index < -0.39 is 0 Å². The van der Waals surface area contributed by atoms with Crippen LogP contribution in [0, 0.1) is 6.92 Å². The first kappa shape index (κ1) is 24.5. The predicted molar refractivity (Wildman–Crippen MR) is 131 cm³/mol. The minimum absolute atomic E-state index is 0.0705. The number of halogens is 1. The first-order valence-corrected chi connectivity index (χ1v) is 11.4. The van der Waals surface area contributed by atoms with Crippen LogP contribution in [0.25, 0.3) is 11.3 Å². The summed E-state index contributed by atoms with van der Waals surface area (Å²) in [4.78, 5) is 28.8. The Morgan fingerprint density at radius 2 is 1.94 bits per heavy atom. The first-order valence-electron chi connectivity index (χ1n) is 11.0. The van der Waals surface area contributed by atoms with Crippen LogP contribution >= 0.6 is 11.6 Å². The van der Waals surface area contributed by atoms with E-state index in [0.29, 0.717) is 41.6 Å². The van der Waals surface area contributed by atoms with Gasteiger partial charge in [-0.25, -0.2) is 4.98 Å². The number of ketones is 1. The molecule has 0 fully saturated rings. The predicted octanol–water partition coefficient (Wildman–Crippen LogP) is 5.30. The second-order valence-electron chi connectivity index (χ2n) is 7.97. The largest absolute Gasteiger partial charge is 0.492 e. The Kier molecular flexibility index (Phi) is 8.28. The van der Waals surface area contributed by atoms with Crippen molar-refractivity contribution >= 4 is 23.3 Å². The average molecular weight is 467 g/mol. The van der Waals surface area contributed by atoms with Crippen molar-refractivity contribution in [1.29, 1.82) is 0 Å². The van der Waals surface area contributed by atoms with Gasteiger partial charge in [0.2, 0.25) is 0 Å². The molecule has 3 aromatic rings. The van der Waals surface area contributed by atoms with Crippen molar-refractivity contribution in [3.8, 4) is 17.0 Å². The zero-order valence-corrected chi connectivity index (χ0v) is 20.0. The highest BCUT2D eigenvalue weighted by Crippen LogP contribution is 2.26. The van der Waals surface area contributed by atoms with Crippen LogP contribution in [0.1, 0.15) is 53.2 Å². The van der Waals surface area contributed by atoms with Gasteiger partial charge in [0, 0.05) is 37.3 Å². The molecule has 0 aliphatic heterocycles. The lowest BCUT2D eigenvalue weighted by molar-refractivity contribution is 0.0936. The Labute approximate surface area is 199 Å². The molecule has 2 aromatic carbocycles. The minimum Gasteiger partial charge on any atom is -0.492 e. The third-order valence-electron chi connectivity index (χ3n) is 5.26. The van der Waals surface area contributed by atoms with Crippen molar-refractivity contribution in [2.24, 2.45) is 7.05 Å². The summed E-state index contributed by atoms with van der Waals surface area (Å²) < 4.78 is 7.30. The molecule has 7 heteroatoms. The lowest BCUT2D eigenvalue weighted by Gasteiger charge is -2.18. The molecule has 0 aliphatic rings. The highest BCUT2D eigenvalue weighted by atomic mass is 35.5. The van der Waals surface area contributed by atoms with Crippen LogP contribution in [-0.4, -0.2) is 33.9 Å². The molecule has 33 heavy (non-hydrogen) atoms. The molecule has 3 rings (SSSR count). The third-order valence-corrected chi connectivity index (χ3v) is 5.56. The van der Waals surface area contributed by atoms with Crippen LogP contribution in [0.15, 0.2) is 48.7 Å². The number of hydrogen-bond acceptors (Lipinski definition) is 4. The van der Waals surface area contributed by atoms with Crippen LogP contribution in [-0.2, 0) is 13.5 Å². The van der Waals surface area contributed by atoms with E-state index in [0.717, 1.165) is 23.2 Å². The average Bonchev–Trinajstić information content (AvgIpc) is 3.20. The van der Waals surface area contributed by atoms with Gasteiger partial charge in [-0.3, -0.25) is 9.59 Å². The summed E-state index contributed by atoms with van der Waals surface area (Å²) in [5, 5.41) is 3.45. The lowest BCUT2D eigenvalue weighted by atomic mass is 10.0. The van der Waals surface area contributed by atoms with E-state index >= 15 is 0 Å². The van der Waals surface area contributed by atoms with Gasteiger partial charge in [-0.1, -0.05) is 49.7 Å². The lowest BCUT2D eigenvalue weighted by Crippen LogP contribution is -2.36. The molecule has 0 aliphatic carbocycles. The molecule has 173 valence electrons. The van der Waals surface area contributed by atoms with Crippen molar-refractivity contribution in [3.05, 3.63) is 77.6 Å². The summed E-state index contributed by atoms with van der Waals surface area (Å²) in [6.07, 6.45) is 3.91. The Bertz CT molecular complexity index is 1120. The fourth-order valence-corrected chi connectivity index (χ4v) is 3.73. The summed E-state index contributed by atoms with van der Waals surface area (Å²) in [5.74, 6) is 0.736. The highest BCUT2D eigenvalue weighted by molar-refractivity contribution is 6.32. The fourth-order valence-electron chi connectivity index (χ4n) is 3.49. The van der Waals surface area contributed by atoms with Gasteiger partial charge >= 0.3 is 0 Å². The van der Waals surface area contributed by atoms with E-state index in [1.165, 1.54) is 6.92 Å². The standard InChI is InChI=1S/C26H29ClN3O3/c1-5-13-33-24-12-11-20(15-22(24)27)26(32)28-21(6-2)14-18-7-9-19(10-8-18)23-16-30(4)25(29-23)17(3)31/h7-12,15-16,21H,2,5-6,13-14H2,1,3-4H3,(H,28,32)/t21-/m0/s1. The molecule has 1 aromatic heterocycles. The summed E-state index contributed by atoms with van der Waals surface area (Å²) >= 11 is 6.26. The van der Waals surface area contributed by atoms with Gasteiger partial charge in [0.15, 0.2) is 11.6 Å². The molecular formula is C26H29ClN3O3. The quantitative estimate of drug-likeness (QED) is 0.411. The molecule has 1 amide bonds. The maximum atomic E-state index is 12.7. The summed E-state index contributed by atoms with van der Waals surface area (Å²) in [7, 11) is 1.81. The number of aromatic nitrogens is 2. The fraction of sp³-hybridized carbons (Fsp3) is 0.308. The Morgan fingerprint density at radius 1 is 1.21 bits per heavy atom. The van der Waals surface area contributed by atoms with E-state index in [4.69, 9.17) is 16.3 Å². The maximum Gasteiger partial charge on any atom is 0.251 e. The Balaban J connectivity index is 1.65. The van der Waals surface area contributed by atoms with Crippen molar-refractivity contribution in [2.75, 3.05) is 6.61 Å². The number of ether oxygens (including phenoxy) is 1. The molecule has 1 heterocycles. The molecule has 1 radical (unpaired) electrons. The number of carbonyl (C=O) groups is 2. The number of amides is 1. The first-order chi connectivity index (χ1) is 15.8. The second kappa shape index (κ2) is 11.1. The number of imidazole rings is 1. The van der Waals surface area contributed by atoms with Gasteiger partial charge in [-0.15, -0.1) is 0 Å². The van der Waals surface area contributed by atoms with Crippen LogP contribution in [0.4, 0.5) is 0 Å². The second-order valence-corrected chi connectivity index (χ2v) is 8.38. The van der Waals surface area contributed by atoms with E-state index in [1.807, 2.05) is 44.4 Å². The molecule has 1 atom stereocenters. The molecular weight excluding hydrogens is 438 g/mol. The number of nitrogens with zero attached hydrogens (tertiary/aromatic N) is 2. The Hall–Kier alpha value is -3.12. The van der Waals surface area contributed by atoms with Gasteiger partial charge < -0.3 is 14.6 Å². The van der Waals surface area contributed by atoms with E-state index in [9.17, 15) is 9.59 Å². The SMILES string of the molecule is [CH2]C[C@@H](Cc1ccc(-c2cn(C)c(C(C)=O)n2)cc1)NC(=O)c1ccc(OCCC)c(Cl)c1. The summed E-state index contributed by atoms with van der Waals surface area (Å²) in [5.41, 5.74) is 3.22. The van der Waals surface area contributed by atoms with Crippen molar-refractivity contribution in [3.63, 3.8) is 0 Å². The van der Waals surface area contributed by atoms with E-state index in [1.54, 1.807) is 22.8 Å². The smallest absolute Gasteiger partial charge is 0.251 e. The van der Waals surface area contributed by atoms with Crippen molar-refractivity contribution < 1.29 is 14.3 Å². The van der Waals surface area contributed by atoms with Gasteiger partial charge in [0.1, 0.15) is 5.75 Å². The topological polar surface area (TPSA) is 73.2 Å². The number of rotatable bonds is 10. The number of carbonyl (C=O) groups excluding carboxylic acids is 2. The number of Topliss-reactive ketones (excluding diaryl/α,β-unsaturated/α-hetero) is 1. The summed E-state index contributed by atoms with van der Waals surface area (Å²) in [6, 6.07) is 12.9. The van der Waals surface area contributed by atoms with Gasteiger partial charge in [0.25, 0.3) is 5.91 Å². The van der Waals surface area contributed by atoms with Gasteiger partial charge in [-0.2, -0.15) is 0 Å². The monoisotopic (exact) mass is 466 g/mol. The van der Waals surface area contributed by atoms with Gasteiger partial charge in [0.05, 0.1) is 17.3 Å². The van der Waals surface area contributed by atoms with E-state index in [2.05, 4.69) is 17.2 Å². The summed E-state index contributed by atoms with van der Waals surface area (Å²) in [6.45, 7) is 8.08. The van der Waals surface area contributed by atoms with Crippen LogP contribution in [0.3, 0.4) is 0 Å². The number of aryl methyl sites for hydroxylation is 1. The van der Waals surface area contributed by atoms with Crippen LogP contribution in [0.5, 0.6) is 5.75 Å². The molecule has 0 saturated carbocycles. The number of nitrogens with one attached hydrogen (secondary N) is 1. The molecule has 1 N–H and O–H groups in total. The van der Waals surface area contributed by atoms with Gasteiger partial charge in [-0.05, 0) is 43.0 Å².